The Bertz CT molecular complexity index is 638. The van der Waals surface area contributed by atoms with E-state index < -0.39 is 5.92 Å². The molecule has 0 atom stereocenters. The third-order valence-corrected chi connectivity index (χ3v) is 4.37. The topological polar surface area (TPSA) is 21.1 Å². The van der Waals surface area contributed by atoms with Crippen LogP contribution in [0.15, 0.2) is 18.2 Å². The standard InChI is InChI=1S/C16H21F2N3/c1-12-3-4-13-14(11-12)20(2)15(19-13)5-8-21-9-6-16(17,18)7-10-21/h3-4,11H,5-10H2,1-2H3. The summed E-state index contributed by atoms with van der Waals surface area (Å²) in [6, 6.07) is 6.23. The number of hydrogen-bond acceptors (Lipinski definition) is 2. The van der Waals surface area contributed by atoms with Gasteiger partial charge in [0.05, 0.1) is 11.0 Å². The Kier molecular flexibility index (Phi) is 3.69. The molecule has 0 radical (unpaired) electrons. The summed E-state index contributed by atoms with van der Waals surface area (Å²) in [5, 5.41) is 0. The molecule has 0 saturated carbocycles. The van der Waals surface area contributed by atoms with Crippen molar-refractivity contribution in [1.82, 2.24) is 14.5 Å². The van der Waals surface area contributed by atoms with Gasteiger partial charge in [0, 0.05) is 45.9 Å². The lowest BCUT2D eigenvalue weighted by Crippen LogP contribution is -2.40. The predicted molar refractivity (Wildman–Crippen MR) is 79.8 cm³/mol. The number of piperidine rings is 1. The average Bonchev–Trinajstić information content (AvgIpc) is 2.74. The van der Waals surface area contributed by atoms with Crippen LogP contribution in [0, 0.1) is 6.92 Å². The Morgan fingerprint density at radius 1 is 1.24 bits per heavy atom. The second-order valence-electron chi connectivity index (χ2n) is 6.03. The lowest BCUT2D eigenvalue weighted by molar-refractivity contribution is -0.0548. The number of aryl methyl sites for hydroxylation is 2. The van der Waals surface area contributed by atoms with Crippen molar-refractivity contribution in [2.45, 2.75) is 32.1 Å². The number of benzene rings is 1. The maximum atomic E-state index is 13.1. The predicted octanol–water partition coefficient (Wildman–Crippen LogP) is 3.16. The third-order valence-electron chi connectivity index (χ3n) is 4.37. The van der Waals surface area contributed by atoms with Gasteiger partial charge in [0.25, 0.3) is 5.92 Å². The molecule has 21 heavy (non-hydrogen) atoms. The molecule has 5 heteroatoms. The van der Waals surface area contributed by atoms with Gasteiger partial charge < -0.3 is 9.47 Å². The van der Waals surface area contributed by atoms with Gasteiger partial charge in [0.1, 0.15) is 5.82 Å². The van der Waals surface area contributed by atoms with Crippen molar-refractivity contribution in [3.05, 3.63) is 29.6 Å². The van der Waals surface area contributed by atoms with Gasteiger partial charge in [-0.15, -0.1) is 0 Å². The average molecular weight is 293 g/mol. The van der Waals surface area contributed by atoms with Crippen LogP contribution >= 0.6 is 0 Å². The molecule has 1 aliphatic heterocycles. The number of likely N-dealkylation sites (tertiary alicyclic amines) is 1. The fourth-order valence-corrected chi connectivity index (χ4v) is 2.94. The van der Waals surface area contributed by atoms with Gasteiger partial charge in [0.2, 0.25) is 0 Å². The summed E-state index contributed by atoms with van der Waals surface area (Å²) in [6.45, 7) is 3.83. The van der Waals surface area contributed by atoms with Gasteiger partial charge in [-0.3, -0.25) is 0 Å². The molecule has 1 fully saturated rings. The summed E-state index contributed by atoms with van der Waals surface area (Å²) in [6.07, 6.45) is 0.763. The van der Waals surface area contributed by atoms with Gasteiger partial charge in [-0.25, -0.2) is 13.8 Å². The molecule has 1 aliphatic rings. The monoisotopic (exact) mass is 293 g/mol. The Morgan fingerprint density at radius 2 is 1.95 bits per heavy atom. The normalized spacial score (nSPS) is 19.2. The van der Waals surface area contributed by atoms with E-state index in [1.807, 2.05) is 13.1 Å². The summed E-state index contributed by atoms with van der Waals surface area (Å²) < 4.78 is 28.4. The second-order valence-corrected chi connectivity index (χ2v) is 6.03. The molecular weight excluding hydrogens is 272 g/mol. The Morgan fingerprint density at radius 3 is 2.67 bits per heavy atom. The van der Waals surface area contributed by atoms with Crippen LogP contribution in [-0.2, 0) is 13.5 Å². The molecule has 2 heterocycles. The van der Waals surface area contributed by atoms with Gasteiger partial charge >= 0.3 is 0 Å². The van der Waals surface area contributed by atoms with Crippen molar-refractivity contribution in [3.8, 4) is 0 Å². The molecule has 2 aromatic rings. The largest absolute Gasteiger partial charge is 0.331 e. The van der Waals surface area contributed by atoms with Gasteiger partial charge in [-0.1, -0.05) is 6.07 Å². The van der Waals surface area contributed by atoms with Crippen LogP contribution in [0.4, 0.5) is 8.78 Å². The Balaban J connectivity index is 1.67. The van der Waals surface area contributed by atoms with E-state index >= 15 is 0 Å². The maximum absolute atomic E-state index is 13.1. The van der Waals surface area contributed by atoms with E-state index in [-0.39, 0.29) is 12.8 Å². The van der Waals surface area contributed by atoms with Crippen LogP contribution in [0.25, 0.3) is 11.0 Å². The number of hydrogen-bond donors (Lipinski definition) is 0. The number of aromatic nitrogens is 2. The zero-order chi connectivity index (χ0) is 15.0. The van der Waals surface area contributed by atoms with E-state index in [0.717, 1.165) is 29.8 Å². The molecule has 0 amide bonds. The highest BCUT2D eigenvalue weighted by molar-refractivity contribution is 5.76. The minimum atomic E-state index is -2.47. The molecule has 0 bridgehead atoms. The van der Waals surface area contributed by atoms with E-state index in [1.165, 1.54) is 5.56 Å². The van der Waals surface area contributed by atoms with Crippen LogP contribution in [0.1, 0.15) is 24.2 Å². The van der Waals surface area contributed by atoms with Crippen molar-refractivity contribution in [1.29, 1.82) is 0 Å². The minimum Gasteiger partial charge on any atom is -0.331 e. The number of fused-ring (bicyclic) bond motifs is 1. The molecule has 1 aromatic carbocycles. The highest BCUT2D eigenvalue weighted by atomic mass is 19.3. The highest BCUT2D eigenvalue weighted by Gasteiger charge is 2.33. The summed E-state index contributed by atoms with van der Waals surface area (Å²) in [5.74, 6) is -1.45. The molecule has 0 aliphatic carbocycles. The van der Waals surface area contributed by atoms with Gasteiger partial charge in [-0.05, 0) is 24.6 Å². The number of alkyl halides is 2. The molecule has 0 unspecified atom stereocenters. The summed E-state index contributed by atoms with van der Waals surface area (Å²) in [5.41, 5.74) is 3.36. The molecule has 1 aromatic heterocycles. The van der Waals surface area contributed by atoms with Crippen molar-refractivity contribution >= 4 is 11.0 Å². The number of rotatable bonds is 3. The summed E-state index contributed by atoms with van der Waals surface area (Å²) >= 11 is 0. The fraction of sp³-hybridized carbons (Fsp3) is 0.562. The van der Waals surface area contributed by atoms with Crippen LogP contribution in [0.2, 0.25) is 0 Å². The molecule has 0 spiro atoms. The Labute approximate surface area is 123 Å². The molecule has 3 nitrogen and oxygen atoms in total. The first-order chi connectivity index (χ1) is 9.94. The van der Waals surface area contributed by atoms with Crippen molar-refractivity contribution in [2.75, 3.05) is 19.6 Å². The van der Waals surface area contributed by atoms with E-state index in [9.17, 15) is 8.78 Å². The molecule has 114 valence electrons. The fourth-order valence-electron chi connectivity index (χ4n) is 2.94. The first kappa shape index (κ1) is 14.4. The zero-order valence-corrected chi connectivity index (χ0v) is 12.6. The Hall–Kier alpha value is -1.49. The maximum Gasteiger partial charge on any atom is 0.250 e. The smallest absolute Gasteiger partial charge is 0.250 e. The van der Waals surface area contributed by atoms with Crippen LogP contribution in [-0.4, -0.2) is 40.0 Å². The van der Waals surface area contributed by atoms with E-state index in [4.69, 9.17) is 0 Å². The molecule has 1 saturated heterocycles. The number of nitrogens with zero attached hydrogens (tertiary/aromatic N) is 3. The van der Waals surface area contributed by atoms with Crippen molar-refractivity contribution < 1.29 is 8.78 Å². The summed E-state index contributed by atoms with van der Waals surface area (Å²) in [7, 11) is 2.02. The van der Waals surface area contributed by atoms with Gasteiger partial charge in [0.15, 0.2) is 0 Å². The minimum absolute atomic E-state index is 0.0191. The lowest BCUT2D eigenvalue weighted by atomic mass is 10.1. The molecule has 3 rings (SSSR count). The van der Waals surface area contributed by atoms with Gasteiger partial charge in [-0.2, -0.15) is 0 Å². The highest BCUT2D eigenvalue weighted by Crippen LogP contribution is 2.27. The van der Waals surface area contributed by atoms with Crippen molar-refractivity contribution in [3.63, 3.8) is 0 Å². The first-order valence-corrected chi connectivity index (χ1v) is 7.47. The van der Waals surface area contributed by atoms with E-state index in [0.29, 0.717) is 13.1 Å². The molecular formula is C16H21F2N3. The SMILES string of the molecule is Cc1ccc2nc(CCN3CCC(F)(F)CC3)n(C)c2c1. The first-order valence-electron chi connectivity index (χ1n) is 7.47. The van der Waals surface area contributed by atoms with Crippen molar-refractivity contribution in [2.24, 2.45) is 7.05 Å². The number of imidazole rings is 1. The third kappa shape index (κ3) is 3.07. The summed E-state index contributed by atoms with van der Waals surface area (Å²) in [4.78, 5) is 6.77. The molecule has 0 N–H and O–H groups in total. The van der Waals surface area contributed by atoms with E-state index in [2.05, 4.69) is 33.5 Å². The van der Waals surface area contributed by atoms with Crippen LogP contribution in [0.5, 0.6) is 0 Å². The second kappa shape index (κ2) is 5.37. The van der Waals surface area contributed by atoms with Crippen LogP contribution in [0.3, 0.4) is 0 Å². The number of halogens is 2. The lowest BCUT2D eigenvalue weighted by Gasteiger charge is -2.31. The quantitative estimate of drug-likeness (QED) is 0.867. The zero-order valence-electron chi connectivity index (χ0n) is 12.6. The van der Waals surface area contributed by atoms with E-state index in [1.54, 1.807) is 0 Å². The van der Waals surface area contributed by atoms with Crippen LogP contribution < -0.4 is 0 Å².